The standard InChI is InChI=1S/C22H30BrN3O2.HI/c1-27-15-12-22(10-3-11-22)17-26-21(24-13-9-20-4-2-14-28-20)25-16-18-5-7-19(23)8-6-18;/h2,4-8,14H,3,9-13,15-17H2,1H3,(H2,24,25,26);1H. The maximum atomic E-state index is 5.42. The minimum atomic E-state index is 0. The molecule has 1 aromatic carbocycles. The highest BCUT2D eigenvalue weighted by Crippen LogP contribution is 2.43. The average molecular weight is 576 g/mol. The van der Waals surface area contributed by atoms with Crippen molar-refractivity contribution in [3.63, 3.8) is 0 Å². The molecule has 0 atom stereocenters. The van der Waals surface area contributed by atoms with Gasteiger partial charge in [-0.25, -0.2) is 4.99 Å². The molecule has 1 fully saturated rings. The molecule has 1 aromatic heterocycles. The first kappa shape index (κ1) is 24.2. The van der Waals surface area contributed by atoms with Crippen molar-refractivity contribution in [2.24, 2.45) is 10.4 Å². The fraction of sp³-hybridized carbons (Fsp3) is 0.500. The van der Waals surface area contributed by atoms with Crippen molar-refractivity contribution in [1.82, 2.24) is 10.6 Å². The lowest BCUT2D eigenvalue weighted by Gasteiger charge is -2.42. The maximum absolute atomic E-state index is 5.42. The quantitative estimate of drug-likeness (QED) is 0.234. The second-order valence-corrected chi connectivity index (χ2v) is 8.41. The molecule has 0 aliphatic heterocycles. The number of hydrogen-bond donors (Lipinski definition) is 2. The summed E-state index contributed by atoms with van der Waals surface area (Å²) in [5.41, 5.74) is 1.53. The van der Waals surface area contributed by atoms with Crippen molar-refractivity contribution < 1.29 is 9.15 Å². The molecule has 2 N–H and O–H groups in total. The monoisotopic (exact) mass is 575 g/mol. The zero-order valence-electron chi connectivity index (χ0n) is 17.0. The molecule has 160 valence electrons. The summed E-state index contributed by atoms with van der Waals surface area (Å²) in [6, 6.07) is 12.2. The molecule has 0 saturated heterocycles. The third-order valence-electron chi connectivity index (χ3n) is 5.46. The van der Waals surface area contributed by atoms with Crippen LogP contribution < -0.4 is 10.6 Å². The van der Waals surface area contributed by atoms with Crippen molar-refractivity contribution in [3.8, 4) is 0 Å². The first-order valence-electron chi connectivity index (χ1n) is 9.97. The fourth-order valence-corrected chi connectivity index (χ4v) is 3.74. The lowest BCUT2D eigenvalue weighted by Crippen LogP contribution is -2.47. The lowest BCUT2D eigenvalue weighted by atomic mass is 9.67. The number of guanidine groups is 1. The van der Waals surface area contributed by atoms with Gasteiger partial charge in [0.15, 0.2) is 5.96 Å². The number of methoxy groups -OCH3 is 1. The van der Waals surface area contributed by atoms with Gasteiger partial charge in [-0.15, -0.1) is 24.0 Å². The molecule has 0 bridgehead atoms. The van der Waals surface area contributed by atoms with Gasteiger partial charge in [0.25, 0.3) is 0 Å². The van der Waals surface area contributed by atoms with E-state index in [0.717, 1.165) is 48.7 Å². The molecule has 5 nitrogen and oxygen atoms in total. The van der Waals surface area contributed by atoms with Crippen molar-refractivity contribution in [2.45, 2.75) is 38.6 Å². The Bertz CT molecular complexity index is 731. The van der Waals surface area contributed by atoms with Crippen LogP contribution in [0.25, 0.3) is 0 Å². The molecule has 0 amide bonds. The van der Waals surface area contributed by atoms with Crippen LogP contribution in [0.4, 0.5) is 0 Å². The molecule has 1 aliphatic rings. The number of rotatable bonds is 10. The van der Waals surface area contributed by atoms with Crippen molar-refractivity contribution in [3.05, 3.63) is 58.5 Å². The van der Waals surface area contributed by atoms with Gasteiger partial charge >= 0.3 is 0 Å². The molecular formula is C22H31BrIN3O2. The van der Waals surface area contributed by atoms with E-state index in [1.807, 2.05) is 12.1 Å². The van der Waals surface area contributed by atoms with Crippen LogP contribution in [0.5, 0.6) is 0 Å². The van der Waals surface area contributed by atoms with E-state index in [1.165, 1.54) is 24.8 Å². The zero-order chi connectivity index (χ0) is 19.7. The predicted molar refractivity (Wildman–Crippen MR) is 132 cm³/mol. The number of aliphatic imine (C=N–C) groups is 1. The minimum absolute atomic E-state index is 0. The van der Waals surface area contributed by atoms with Gasteiger partial charge < -0.3 is 19.8 Å². The number of benzene rings is 1. The molecule has 1 saturated carbocycles. The summed E-state index contributed by atoms with van der Waals surface area (Å²) in [5, 5.41) is 7.03. The Hall–Kier alpha value is -1.06. The van der Waals surface area contributed by atoms with Crippen LogP contribution in [0, 0.1) is 5.41 Å². The number of ether oxygens (including phenoxy) is 1. The van der Waals surface area contributed by atoms with Gasteiger partial charge in [0.05, 0.1) is 12.8 Å². The third-order valence-corrected chi connectivity index (χ3v) is 5.99. The van der Waals surface area contributed by atoms with E-state index in [1.54, 1.807) is 13.4 Å². The molecule has 3 rings (SSSR count). The van der Waals surface area contributed by atoms with Crippen LogP contribution >= 0.6 is 39.9 Å². The summed E-state index contributed by atoms with van der Waals surface area (Å²) in [6.45, 7) is 3.18. The molecule has 2 aromatic rings. The van der Waals surface area contributed by atoms with Crippen molar-refractivity contribution >= 4 is 45.9 Å². The van der Waals surface area contributed by atoms with E-state index in [2.05, 4.69) is 50.8 Å². The van der Waals surface area contributed by atoms with Crippen LogP contribution in [0.2, 0.25) is 0 Å². The Kier molecular flexibility index (Phi) is 10.5. The van der Waals surface area contributed by atoms with Gasteiger partial charge in [-0.2, -0.15) is 0 Å². The molecule has 1 heterocycles. The normalized spacial score (nSPS) is 15.3. The van der Waals surface area contributed by atoms with Gasteiger partial charge in [-0.1, -0.05) is 34.5 Å². The second kappa shape index (κ2) is 12.6. The number of furan rings is 1. The SMILES string of the molecule is COCCC1(CNC(=NCc2ccc(Br)cc2)NCCc2ccco2)CCC1.I. The third kappa shape index (κ3) is 7.94. The summed E-state index contributed by atoms with van der Waals surface area (Å²) < 4.78 is 11.8. The first-order valence-corrected chi connectivity index (χ1v) is 10.8. The van der Waals surface area contributed by atoms with E-state index >= 15 is 0 Å². The van der Waals surface area contributed by atoms with Gasteiger partial charge in [0.1, 0.15) is 5.76 Å². The Labute approximate surface area is 199 Å². The fourth-order valence-electron chi connectivity index (χ4n) is 3.48. The number of halogens is 2. The van der Waals surface area contributed by atoms with Gasteiger partial charge in [0.2, 0.25) is 0 Å². The van der Waals surface area contributed by atoms with Crippen LogP contribution in [-0.4, -0.2) is 32.8 Å². The van der Waals surface area contributed by atoms with Gasteiger partial charge in [-0.3, -0.25) is 0 Å². The lowest BCUT2D eigenvalue weighted by molar-refractivity contribution is 0.0732. The molecular weight excluding hydrogens is 545 g/mol. The smallest absolute Gasteiger partial charge is 0.191 e. The summed E-state index contributed by atoms with van der Waals surface area (Å²) in [7, 11) is 1.78. The highest BCUT2D eigenvalue weighted by atomic mass is 127. The molecule has 0 spiro atoms. The topological polar surface area (TPSA) is 58.8 Å². The summed E-state index contributed by atoms with van der Waals surface area (Å²) >= 11 is 3.48. The van der Waals surface area contributed by atoms with Crippen LogP contribution in [0.15, 0.2) is 56.5 Å². The Balaban J connectivity index is 0.00000300. The molecule has 0 radical (unpaired) electrons. The zero-order valence-corrected chi connectivity index (χ0v) is 20.9. The first-order chi connectivity index (χ1) is 13.7. The van der Waals surface area contributed by atoms with Gasteiger partial charge in [0, 0.05) is 37.7 Å². The minimum Gasteiger partial charge on any atom is -0.469 e. The van der Waals surface area contributed by atoms with E-state index in [-0.39, 0.29) is 24.0 Å². The average Bonchev–Trinajstić information content (AvgIpc) is 3.19. The van der Waals surface area contributed by atoms with E-state index < -0.39 is 0 Å². The number of nitrogens with zero attached hydrogens (tertiary/aromatic N) is 1. The van der Waals surface area contributed by atoms with Crippen molar-refractivity contribution in [1.29, 1.82) is 0 Å². The van der Waals surface area contributed by atoms with E-state index in [0.29, 0.717) is 12.0 Å². The van der Waals surface area contributed by atoms with E-state index in [9.17, 15) is 0 Å². The van der Waals surface area contributed by atoms with Crippen LogP contribution in [0.1, 0.15) is 37.0 Å². The Morgan fingerprint density at radius 3 is 2.62 bits per heavy atom. The highest BCUT2D eigenvalue weighted by Gasteiger charge is 2.36. The van der Waals surface area contributed by atoms with Crippen molar-refractivity contribution in [2.75, 3.05) is 26.8 Å². The van der Waals surface area contributed by atoms with Gasteiger partial charge in [-0.05, 0) is 54.5 Å². The Morgan fingerprint density at radius 2 is 2.00 bits per heavy atom. The number of nitrogens with one attached hydrogen (secondary N) is 2. The maximum Gasteiger partial charge on any atom is 0.191 e. The molecule has 0 unspecified atom stereocenters. The van der Waals surface area contributed by atoms with Crippen LogP contribution in [-0.2, 0) is 17.7 Å². The highest BCUT2D eigenvalue weighted by molar-refractivity contribution is 14.0. The Morgan fingerprint density at radius 1 is 1.21 bits per heavy atom. The largest absolute Gasteiger partial charge is 0.469 e. The summed E-state index contributed by atoms with van der Waals surface area (Å²) in [4.78, 5) is 4.80. The van der Waals surface area contributed by atoms with Crippen LogP contribution in [0.3, 0.4) is 0 Å². The predicted octanol–water partition coefficient (Wildman–Crippen LogP) is 5.14. The summed E-state index contributed by atoms with van der Waals surface area (Å²) in [5.74, 6) is 1.84. The van der Waals surface area contributed by atoms with E-state index in [4.69, 9.17) is 14.1 Å². The second-order valence-electron chi connectivity index (χ2n) is 7.50. The molecule has 7 heteroatoms. The number of hydrogen-bond acceptors (Lipinski definition) is 3. The molecule has 29 heavy (non-hydrogen) atoms. The summed E-state index contributed by atoms with van der Waals surface area (Å²) in [6.07, 6.45) is 7.48. The molecule has 1 aliphatic carbocycles.